The van der Waals surface area contributed by atoms with Crippen molar-refractivity contribution >= 4 is 32.5 Å². The fourth-order valence-corrected chi connectivity index (χ4v) is 4.36. The van der Waals surface area contributed by atoms with Crippen LogP contribution >= 0.6 is 0 Å². The minimum atomic E-state index is -4.76. The molecule has 12 heteroatoms. The van der Waals surface area contributed by atoms with E-state index in [1.165, 1.54) is 31.7 Å². The molecule has 0 aliphatic carbocycles. The number of rotatable bonds is 5. The van der Waals surface area contributed by atoms with Gasteiger partial charge in [-0.2, -0.15) is 17.9 Å². The van der Waals surface area contributed by atoms with Gasteiger partial charge in [0.1, 0.15) is 11.7 Å². The van der Waals surface area contributed by atoms with Crippen molar-refractivity contribution in [3.05, 3.63) is 42.5 Å². The highest BCUT2D eigenvalue weighted by Gasteiger charge is 2.40. The van der Waals surface area contributed by atoms with Gasteiger partial charge in [-0.3, -0.25) is 9.78 Å². The number of anilines is 1. The number of amides is 1. The van der Waals surface area contributed by atoms with Crippen LogP contribution in [0.5, 0.6) is 0 Å². The molecule has 0 saturated carbocycles. The number of carbonyl (C=O) groups excluding carboxylic acids is 1. The molecule has 3 rings (SSSR count). The van der Waals surface area contributed by atoms with Crippen molar-refractivity contribution in [1.82, 2.24) is 19.3 Å². The predicted molar refractivity (Wildman–Crippen MR) is 95.3 cm³/mol. The number of hydrogen-bond donors (Lipinski definition) is 3. The Hall–Kier alpha value is -2.86. The monoisotopic (exact) mass is 415 g/mol. The van der Waals surface area contributed by atoms with Crippen molar-refractivity contribution in [3.8, 4) is 0 Å². The summed E-state index contributed by atoms with van der Waals surface area (Å²) in [6.45, 7) is 0.698. The van der Waals surface area contributed by atoms with Gasteiger partial charge < -0.3 is 14.9 Å². The molecule has 3 heterocycles. The Kier molecular flexibility index (Phi) is 4.93. The van der Waals surface area contributed by atoms with Crippen molar-refractivity contribution in [3.63, 3.8) is 0 Å². The molecule has 28 heavy (non-hydrogen) atoms. The van der Waals surface area contributed by atoms with Crippen LogP contribution in [-0.4, -0.2) is 41.1 Å². The molecule has 1 unspecified atom stereocenters. The topological polar surface area (TPSA) is 109 Å². The molecule has 0 bridgehead atoms. The van der Waals surface area contributed by atoms with Crippen LogP contribution in [0.15, 0.2) is 41.8 Å². The highest BCUT2D eigenvalue weighted by molar-refractivity contribution is 7.89. The number of H-pyrrole nitrogens is 1. The van der Waals surface area contributed by atoms with Crippen LogP contribution in [0.25, 0.3) is 10.9 Å². The molecule has 3 N–H and O–H groups in total. The lowest BCUT2D eigenvalue weighted by Crippen LogP contribution is -2.43. The van der Waals surface area contributed by atoms with Crippen LogP contribution in [0.1, 0.15) is 17.4 Å². The van der Waals surface area contributed by atoms with E-state index in [0.717, 1.165) is 4.57 Å². The second-order valence-corrected chi connectivity index (χ2v) is 7.68. The summed E-state index contributed by atoms with van der Waals surface area (Å²) in [6, 6.07) is 2.26. The summed E-state index contributed by atoms with van der Waals surface area (Å²) in [4.78, 5) is 19.2. The molecule has 150 valence electrons. The molecule has 0 aliphatic heterocycles. The number of carbonyl (C=O) groups is 1. The molecule has 0 radical (unpaired) electrons. The Morgan fingerprint density at radius 2 is 1.89 bits per heavy atom. The molecule has 1 amide bonds. The van der Waals surface area contributed by atoms with Gasteiger partial charge in [0.2, 0.25) is 0 Å². The number of alkyl halides is 3. The minimum absolute atomic E-state index is 0.0203. The first kappa shape index (κ1) is 19.9. The highest BCUT2D eigenvalue weighted by atomic mass is 32.2. The number of nitrogens with zero attached hydrogens (tertiary/aromatic N) is 2. The van der Waals surface area contributed by atoms with Crippen LogP contribution in [0.4, 0.5) is 18.9 Å². The van der Waals surface area contributed by atoms with Crippen LogP contribution in [0.2, 0.25) is 0 Å². The van der Waals surface area contributed by atoms with Gasteiger partial charge >= 0.3 is 6.18 Å². The van der Waals surface area contributed by atoms with Gasteiger partial charge in [0.05, 0.1) is 5.52 Å². The maximum atomic E-state index is 12.8. The minimum Gasteiger partial charge on any atom is -0.359 e. The van der Waals surface area contributed by atoms with E-state index in [0.29, 0.717) is 12.6 Å². The number of sulfonamides is 1. The predicted octanol–water partition coefficient (Wildman–Crippen LogP) is 2.38. The number of pyridine rings is 1. The maximum Gasteiger partial charge on any atom is 0.404 e. The Labute approximate surface area is 157 Å². The number of nitrogens with one attached hydrogen (secondary N) is 3. The first-order valence-electron chi connectivity index (χ1n) is 7.98. The summed E-state index contributed by atoms with van der Waals surface area (Å²) in [6.07, 6.45) is -0.426. The van der Waals surface area contributed by atoms with Crippen molar-refractivity contribution < 1.29 is 26.4 Å². The third-order valence-electron chi connectivity index (χ3n) is 4.09. The van der Waals surface area contributed by atoms with E-state index in [2.05, 4.69) is 15.3 Å². The average molecular weight is 415 g/mol. The van der Waals surface area contributed by atoms with Gasteiger partial charge in [0.25, 0.3) is 15.9 Å². The van der Waals surface area contributed by atoms with Gasteiger partial charge in [-0.15, -0.1) is 0 Å². The summed E-state index contributed by atoms with van der Waals surface area (Å²) in [5, 5.41) is 2.39. The van der Waals surface area contributed by atoms with Crippen molar-refractivity contribution in [2.45, 2.75) is 24.2 Å². The lowest BCUT2D eigenvalue weighted by atomic mass is 10.2. The van der Waals surface area contributed by atoms with Crippen LogP contribution in [-0.2, 0) is 17.1 Å². The summed E-state index contributed by atoms with van der Waals surface area (Å²) in [5.74, 6) is -0.622. The largest absolute Gasteiger partial charge is 0.404 e. The third kappa shape index (κ3) is 3.60. The van der Waals surface area contributed by atoms with Gasteiger partial charge in [-0.25, -0.2) is 8.42 Å². The van der Waals surface area contributed by atoms with E-state index >= 15 is 0 Å². The van der Waals surface area contributed by atoms with E-state index in [-0.39, 0.29) is 16.6 Å². The molecule has 0 fully saturated rings. The molecule has 0 aliphatic rings. The SMILES string of the molecule is CC(NS(=O)(=O)c1c2[nH]ccc2c(C(=O)Nc2ccncc2)n1C)C(F)(F)F. The Bertz CT molecular complexity index is 1120. The molecular formula is C16H16F3N5O3S. The number of aromatic amines is 1. The highest BCUT2D eigenvalue weighted by Crippen LogP contribution is 2.30. The molecule has 3 aromatic rings. The van der Waals surface area contributed by atoms with E-state index < -0.39 is 33.2 Å². The van der Waals surface area contributed by atoms with Crippen LogP contribution in [0.3, 0.4) is 0 Å². The Morgan fingerprint density at radius 3 is 2.50 bits per heavy atom. The van der Waals surface area contributed by atoms with Crippen LogP contribution < -0.4 is 10.0 Å². The molecule has 8 nitrogen and oxygen atoms in total. The molecule has 3 aromatic heterocycles. The number of fused-ring (bicyclic) bond motifs is 1. The molecule has 0 spiro atoms. The molecule has 1 atom stereocenters. The second kappa shape index (κ2) is 6.95. The first-order chi connectivity index (χ1) is 13.0. The van der Waals surface area contributed by atoms with E-state index in [4.69, 9.17) is 0 Å². The summed E-state index contributed by atoms with van der Waals surface area (Å²) < 4.78 is 66.3. The average Bonchev–Trinajstić information content (AvgIpc) is 3.13. The van der Waals surface area contributed by atoms with E-state index in [9.17, 15) is 26.4 Å². The van der Waals surface area contributed by atoms with Crippen molar-refractivity contribution in [1.29, 1.82) is 0 Å². The standard InChI is InChI=1S/C16H16F3N5O3S/c1-9(16(17,18)19)23-28(26,27)15-12-11(5-8-21-12)13(24(15)2)14(25)22-10-3-6-20-7-4-10/h3-9,21,23H,1-2H3,(H,20,22,25). The van der Waals surface area contributed by atoms with Crippen molar-refractivity contribution in [2.75, 3.05) is 5.32 Å². The molecule has 0 saturated heterocycles. The number of halogens is 3. The Balaban J connectivity index is 2.05. The van der Waals surface area contributed by atoms with Gasteiger partial charge in [-0.05, 0) is 25.1 Å². The molecular weight excluding hydrogens is 399 g/mol. The van der Waals surface area contributed by atoms with Gasteiger partial charge in [0.15, 0.2) is 5.03 Å². The van der Waals surface area contributed by atoms with Crippen LogP contribution in [0, 0.1) is 0 Å². The summed E-state index contributed by atoms with van der Waals surface area (Å²) in [5.41, 5.74) is 0.440. The van der Waals surface area contributed by atoms with Gasteiger partial charge in [-0.1, -0.05) is 0 Å². The number of aromatic nitrogens is 3. The zero-order chi connectivity index (χ0) is 20.7. The van der Waals surface area contributed by atoms with Crippen molar-refractivity contribution in [2.24, 2.45) is 7.05 Å². The lowest BCUT2D eigenvalue weighted by molar-refractivity contribution is -0.147. The number of hydrogen-bond acceptors (Lipinski definition) is 4. The lowest BCUT2D eigenvalue weighted by Gasteiger charge is -2.17. The summed E-state index contributed by atoms with van der Waals surface area (Å²) in [7, 11) is -3.29. The zero-order valence-corrected chi connectivity index (χ0v) is 15.5. The quantitative estimate of drug-likeness (QED) is 0.594. The zero-order valence-electron chi connectivity index (χ0n) is 14.7. The second-order valence-electron chi connectivity index (χ2n) is 6.05. The first-order valence-corrected chi connectivity index (χ1v) is 9.47. The molecule has 0 aromatic carbocycles. The normalized spacial score (nSPS) is 13.6. The maximum absolute atomic E-state index is 12.8. The summed E-state index contributed by atoms with van der Waals surface area (Å²) >= 11 is 0. The fourth-order valence-electron chi connectivity index (χ4n) is 2.76. The van der Waals surface area contributed by atoms with Gasteiger partial charge in [0, 0.05) is 36.7 Å². The smallest absolute Gasteiger partial charge is 0.359 e. The fraction of sp³-hybridized carbons (Fsp3) is 0.250. The third-order valence-corrected chi connectivity index (χ3v) is 5.74. The Morgan fingerprint density at radius 1 is 1.25 bits per heavy atom. The van der Waals surface area contributed by atoms with E-state index in [1.54, 1.807) is 16.9 Å². The van der Waals surface area contributed by atoms with E-state index in [1.807, 2.05) is 0 Å².